The normalized spacial score (nSPS) is 11.1. The molecule has 0 atom stereocenters. The van der Waals surface area contributed by atoms with Gasteiger partial charge in [0.15, 0.2) is 0 Å². The summed E-state index contributed by atoms with van der Waals surface area (Å²) in [4.78, 5) is 0. The summed E-state index contributed by atoms with van der Waals surface area (Å²) in [5, 5.41) is 11.0. The standard InChI is InChI=1S/C9H14AsNO7S.Na/c12-3-4-18-9-2-1-7(10(13)14)5-8(9)11-6-19(15,16)17;/h1-2,5,11-14H,3-4,6H2,(H,15,16,17);/q;+1/p-1. The topological polar surface area (TPSA) is 139 Å². The van der Waals surface area contributed by atoms with Crippen LogP contribution in [0.2, 0.25) is 0 Å². The molecule has 0 aromatic heterocycles. The van der Waals surface area contributed by atoms with Crippen LogP contribution in [0.3, 0.4) is 0 Å². The van der Waals surface area contributed by atoms with Gasteiger partial charge in [0.2, 0.25) is 0 Å². The fourth-order valence-corrected chi connectivity index (χ4v) is 2.51. The van der Waals surface area contributed by atoms with E-state index >= 15 is 0 Å². The Bertz CT molecular complexity index is 525. The molecule has 0 spiro atoms. The molecule has 0 bridgehead atoms. The quantitative estimate of drug-likeness (QED) is 0.273. The van der Waals surface area contributed by atoms with Crippen LogP contribution >= 0.6 is 0 Å². The summed E-state index contributed by atoms with van der Waals surface area (Å²) in [7, 11) is -4.47. The van der Waals surface area contributed by atoms with Crippen LogP contribution in [0.5, 0.6) is 5.75 Å². The average molecular weight is 377 g/mol. The number of aliphatic hydroxyl groups excluding tert-OH is 1. The number of benzene rings is 1. The first-order chi connectivity index (χ1) is 8.83. The molecule has 20 heavy (non-hydrogen) atoms. The summed E-state index contributed by atoms with van der Waals surface area (Å²) >= 11 is -3.11. The van der Waals surface area contributed by atoms with E-state index in [4.69, 9.17) is 18.0 Å². The third kappa shape index (κ3) is 7.26. The van der Waals surface area contributed by atoms with Crippen molar-refractivity contribution in [1.82, 2.24) is 0 Å². The fourth-order valence-electron chi connectivity index (χ4n) is 1.23. The van der Waals surface area contributed by atoms with Crippen molar-refractivity contribution in [1.29, 1.82) is 0 Å². The first-order valence-corrected chi connectivity index (χ1v) is 9.26. The summed E-state index contributed by atoms with van der Waals surface area (Å²) in [6.45, 7) is -0.253. The summed E-state index contributed by atoms with van der Waals surface area (Å²) < 4.78 is 55.4. The van der Waals surface area contributed by atoms with Crippen LogP contribution < -0.4 is 44.0 Å². The van der Waals surface area contributed by atoms with Crippen LogP contribution in [-0.4, -0.2) is 60.7 Å². The average Bonchev–Trinajstić information content (AvgIpc) is 2.33. The number of anilines is 1. The van der Waals surface area contributed by atoms with Gasteiger partial charge in [0.1, 0.15) is 0 Å². The van der Waals surface area contributed by atoms with Crippen LogP contribution in [0.4, 0.5) is 5.69 Å². The van der Waals surface area contributed by atoms with E-state index in [-0.39, 0.29) is 58.6 Å². The van der Waals surface area contributed by atoms with Gasteiger partial charge in [-0.2, -0.15) is 0 Å². The number of aliphatic hydroxyl groups is 1. The number of rotatable bonds is 7. The van der Waals surface area contributed by atoms with Crippen LogP contribution in [0.1, 0.15) is 0 Å². The van der Waals surface area contributed by atoms with E-state index in [1.165, 1.54) is 18.2 Å². The van der Waals surface area contributed by atoms with E-state index in [0.717, 1.165) is 0 Å². The molecule has 11 heteroatoms. The predicted molar refractivity (Wildman–Crippen MR) is 67.0 cm³/mol. The number of hydrogen-bond acceptors (Lipinski definition) is 8. The zero-order chi connectivity index (χ0) is 14.5. The van der Waals surface area contributed by atoms with Gasteiger partial charge in [-0.25, -0.2) is 0 Å². The largest absolute Gasteiger partial charge is 1.00 e. The number of hydrogen-bond donors (Lipinski definition) is 4. The Morgan fingerprint density at radius 1 is 1.35 bits per heavy atom. The molecule has 0 aliphatic rings. The number of nitrogens with one attached hydrogen (secondary N) is 1. The molecular weight excluding hydrogens is 364 g/mol. The van der Waals surface area contributed by atoms with Gasteiger partial charge in [0.25, 0.3) is 0 Å². The maximum atomic E-state index is 10.6. The van der Waals surface area contributed by atoms with Crippen molar-refractivity contribution in [3.05, 3.63) is 18.2 Å². The SMILES string of the molecule is O=S(=O)([O-])CNc1cc([As](O)O)ccc1OCCO.[Na+]. The van der Waals surface area contributed by atoms with Gasteiger partial charge in [-0.1, -0.05) is 0 Å². The van der Waals surface area contributed by atoms with Gasteiger partial charge in [0.05, 0.1) is 0 Å². The van der Waals surface area contributed by atoms with Crippen molar-refractivity contribution in [3.8, 4) is 5.75 Å². The second-order valence-electron chi connectivity index (χ2n) is 3.42. The molecule has 1 aromatic carbocycles. The monoisotopic (exact) mass is 377 g/mol. The summed E-state index contributed by atoms with van der Waals surface area (Å²) in [5.74, 6) is -0.646. The van der Waals surface area contributed by atoms with Crippen molar-refractivity contribution >= 4 is 35.5 Å². The van der Waals surface area contributed by atoms with Crippen molar-refractivity contribution in [2.24, 2.45) is 0 Å². The Kier molecular flexibility index (Phi) is 9.32. The molecule has 0 saturated heterocycles. The first kappa shape index (κ1) is 20.2. The zero-order valence-corrected chi connectivity index (χ0v) is 15.4. The van der Waals surface area contributed by atoms with Gasteiger partial charge < -0.3 is 0 Å². The van der Waals surface area contributed by atoms with Crippen LogP contribution in [0, 0.1) is 0 Å². The van der Waals surface area contributed by atoms with Crippen LogP contribution in [0.25, 0.3) is 0 Å². The van der Waals surface area contributed by atoms with Gasteiger partial charge in [-0.3, -0.25) is 0 Å². The Morgan fingerprint density at radius 3 is 2.50 bits per heavy atom. The molecular formula is C9H13AsNNaO7S. The van der Waals surface area contributed by atoms with Crippen LogP contribution in [-0.2, 0) is 10.1 Å². The minimum atomic E-state index is -4.47. The van der Waals surface area contributed by atoms with Crippen molar-refractivity contribution in [2.75, 3.05) is 24.4 Å². The first-order valence-electron chi connectivity index (χ1n) is 5.06. The molecule has 108 valence electrons. The van der Waals surface area contributed by atoms with E-state index in [0.29, 0.717) is 0 Å². The summed E-state index contributed by atoms with van der Waals surface area (Å²) in [5.41, 5.74) is 0.146. The predicted octanol–water partition coefficient (Wildman–Crippen LogP) is -5.34. The third-order valence-corrected chi connectivity index (χ3v) is 4.03. The molecule has 0 saturated carbocycles. The smallest absolute Gasteiger partial charge is 1.00 e. The molecule has 0 radical (unpaired) electrons. The number of ether oxygens (including phenoxy) is 1. The second-order valence-corrected chi connectivity index (χ2v) is 7.12. The summed E-state index contributed by atoms with van der Waals surface area (Å²) in [6.07, 6.45) is 0. The Labute approximate surface area is 143 Å². The summed E-state index contributed by atoms with van der Waals surface area (Å²) in [6, 6.07) is 4.13. The molecule has 1 rings (SSSR count). The molecule has 0 aliphatic carbocycles. The van der Waals surface area contributed by atoms with Crippen molar-refractivity contribution in [2.45, 2.75) is 0 Å². The molecule has 1 aromatic rings. The van der Waals surface area contributed by atoms with E-state index in [9.17, 15) is 13.0 Å². The zero-order valence-electron chi connectivity index (χ0n) is 10.7. The van der Waals surface area contributed by atoms with Gasteiger partial charge in [0, 0.05) is 0 Å². The van der Waals surface area contributed by atoms with E-state index in [1.807, 2.05) is 0 Å². The van der Waals surface area contributed by atoms with Gasteiger partial charge in [-0.05, 0) is 0 Å². The van der Waals surface area contributed by atoms with Crippen LogP contribution in [0.15, 0.2) is 18.2 Å². The Balaban J connectivity index is 0.00000361. The minimum Gasteiger partial charge on any atom is 1.00 e. The van der Waals surface area contributed by atoms with Gasteiger partial charge in [-0.15, -0.1) is 0 Å². The van der Waals surface area contributed by atoms with Crippen molar-refractivity contribution < 1.29 is 60.6 Å². The third-order valence-electron chi connectivity index (χ3n) is 1.98. The minimum absolute atomic E-state index is 0. The molecule has 4 N–H and O–H groups in total. The Hall–Kier alpha value is 0.168. The van der Waals surface area contributed by atoms with E-state index in [1.54, 1.807) is 0 Å². The van der Waals surface area contributed by atoms with Crippen molar-refractivity contribution in [3.63, 3.8) is 0 Å². The fraction of sp³-hybridized carbons (Fsp3) is 0.333. The molecule has 0 fully saturated rings. The molecule has 8 nitrogen and oxygen atoms in total. The van der Waals surface area contributed by atoms with E-state index in [2.05, 4.69) is 5.32 Å². The van der Waals surface area contributed by atoms with Gasteiger partial charge >= 0.3 is 144 Å². The molecule has 0 amide bonds. The Morgan fingerprint density at radius 2 is 2.00 bits per heavy atom. The molecule has 0 aliphatic heterocycles. The molecule has 0 heterocycles. The van der Waals surface area contributed by atoms with E-state index < -0.39 is 31.3 Å². The second kappa shape index (κ2) is 9.24. The molecule has 0 unspecified atom stereocenters. The maximum absolute atomic E-state index is 10.6. The maximum Gasteiger partial charge on any atom is 1.00 e.